The minimum absolute atomic E-state index is 0.868. The van der Waals surface area contributed by atoms with Crippen LogP contribution in [0.25, 0.3) is 0 Å². The van der Waals surface area contributed by atoms with E-state index in [-0.39, 0.29) is 0 Å². The SMILES string of the molecule is CN=C(NCCCCn1ccnc1C)NCCCn1nc(C)cc1C. The molecule has 0 saturated carbocycles. The van der Waals surface area contributed by atoms with Gasteiger partial charge in [-0.15, -0.1) is 0 Å². The fraction of sp³-hybridized carbons (Fsp3) is 0.611. The summed E-state index contributed by atoms with van der Waals surface area (Å²) in [6.45, 7) is 9.91. The molecule has 0 spiro atoms. The molecule has 2 N–H and O–H groups in total. The maximum Gasteiger partial charge on any atom is 0.190 e. The Bertz CT molecular complexity index is 669. The van der Waals surface area contributed by atoms with Crippen LogP contribution in [0.3, 0.4) is 0 Å². The maximum absolute atomic E-state index is 4.48. The summed E-state index contributed by atoms with van der Waals surface area (Å²) in [7, 11) is 1.81. The molecule has 0 amide bonds. The molecule has 0 aromatic carbocycles. The predicted octanol–water partition coefficient (Wildman–Crippen LogP) is 2.04. The van der Waals surface area contributed by atoms with Crippen molar-refractivity contribution in [2.45, 2.75) is 53.1 Å². The smallest absolute Gasteiger partial charge is 0.190 e. The van der Waals surface area contributed by atoms with Crippen molar-refractivity contribution in [1.29, 1.82) is 0 Å². The number of rotatable bonds is 9. The molecule has 0 aliphatic carbocycles. The zero-order valence-electron chi connectivity index (χ0n) is 15.9. The van der Waals surface area contributed by atoms with Crippen LogP contribution in [0.1, 0.15) is 36.5 Å². The Morgan fingerprint density at radius 2 is 1.84 bits per heavy atom. The first-order chi connectivity index (χ1) is 12.1. The van der Waals surface area contributed by atoms with Crippen molar-refractivity contribution in [1.82, 2.24) is 30.0 Å². The number of imidazole rings is 1. The average Bonchev–Trinajstić information content (AvgIpc) is 3.14. The highest BCUT2D eigenvalue weighted by Crippen LogP contribution is 2.02. The van der Waals surface area contributed by atoms with Crippen LogP contribution in [0.5, 0.6) is 0 Å². The number of hydrogen-bond acceptors (Lipinski definition) is 3. The van der Waals surface area contributed by atoms with Crippen LogP contribution in [-0.4, -0.2) is 45.4 Å². The van der Waals surface area contributed by atoms with Gasteiger partial charge in [0.15, 0.2) is 5.96 Å². The normalized spacial score (nSPS) is 11.8. The third-order valence-electron chi connectivity index (χ3n) is 4.21. The van der Waals surface area contributed by atoms with Crippen molar-refractivity contribution >= 4 is 5.96 Å². The Balaban J connectivity index is 1.56. The molecule has 7 heteroatoms. The molecule has 0 fully saturated rings. The van der Waals surface area contributed by atoms with E-state index in [1.807, 2.05) is 33.3 Å². The molecule has 7 nitrogen and oxygen atoms in total. The third kappa shape index (κ3) is 6.25. The molecule has 2 aromatic rings. The van der Waals surface area contributed by atoms with Gasteiger partial charge in [0.2, 0.25) is 0 Å². The summed E-state index contributed by atoms with van der Waals surface area (Å²) in [6, 6.07) is 2.11. The van der Waals surface area contributed by atoms with Gasteiger partial charge in [-0.1, -0.05) is 0 Å². The van der Waals surface area contributed by atoms with E-state index in [9.17, 15) is 0 Å². The summed E-state index contributed by atoms with van der Waals surface area (Å²) >= 11 is 0. The molecule has 0 atom stereocenters. The number of unbranched alkanes of at least 4 members (excludes halogenated alkanes) is 1. The average molecular weight is 345 g/mol. The second-order valence-corrected chi connectivity index (χ2v) is 6.30. The quantitative estimate of drug-likeness (QED) is 0.414. The molecule has 0 unspecified atom stereocenters. The van der Waals surface area contributed by atoms with E-state index in [4.69, 9.17) is 0 Å². The van der Waals surface area contributed by atoms with Crippen LogP contribution in [0.2, 0.25) is 0 Å². The van der Waals surface area contributed by atoms with E-state index in [2.05, 4.69) is 47.9 Å². The van der Waals surface area contributed by atoms with Gasteiger partial charge < -0.3 is 15.2 Å². The lowest BCUT2D eigenvalue weighted by Crippen LogP contribution is -2.38. The van der Waals surface area contributed by atoms with Crippen LogP contribution in [0, 0.1) is 20.8 Å². The lowest BCUT2D eigenvalue weighted by atomic mass is 10.3. The molecular weight excluding hydrogens is 314 g/mol. The summed E-state index contributed by atoms with van der Waals surface area (Å²) < 4.78 is 4.25. The van der Waals surface area contributed by atoms with Gasteiger partial charge in [0, 0.05) is 51.3 Å². The monoisotopic (exact) mass is 345 g/mol. The van der Waals surface area contributed by atoms with E-state index < -0.39 is 0 Å². The number of nitrogens with one attached hydrogen (secondary N) is 2. The fourth-order valence-electron chi connectivity index (χ4n) is 2.81. The minimum atomic E-state index is 0.868. The summed E-state index contributed by atoms with van der Waals surface area (Å²) in [4.78, 5) is 8.51. The molecule has 2 rings (SSSR count). The van der Waals surface area contributed by atoms with Gasteiger partial charge >= 0.3 is 0 Å². The topological polar surface area (TPSA) is 72.1 Å². The molecule has 0 aliphatic rings. The largest absolute Gasteiger partial charge is 0.356 e. The van der Waals surface area contributed by atoms with Crippen LogP contribution in [0.15, 0.2) is 23.5 Å². The van der Waals surface area contributed by atoms with E-state index >= 15 is 0 Å². The highest BCUT2D eigenvalue weighted by Gasteiger charge is 2.01. The molecule has 138 valence electrons. The minimum Gasteiger partial charge on any atom is -0.356 e. The van der Waals surface area contributed by atoms with Crippen LogP contribution in [0.4, 0.5) is 0 Å². The van der Waals surface area contributed by atoms with Gasteiger partial charge in [0.05, 0.1) is 5.69 Å². The number of aryl methyl sites for hydroxylation is 5. The fourth-order valence-corrected chi connectivity index (χ4v) is 2.81. The second-order valence-electron chi connectivity index (χ2n) is 6.30. The Kier molecular flexibility index (Phi) is 7.50. The highest BCUT2D eigenvalue weighted by molar-refractivity contribution is 5.79. The number of aliphatic imine (C=N–C) groups is 1. The molecular formula is C18H31N7. The molecule has 0 bridgehead atoms. The van der Waals surface area contributed by atoms with Gasteiger partial charge in [-0.3, -0.25) is 9.67 Å². The van der Waals surface area contributed by atoms with Crippen molar-refractivity contribution in [3.63, 3.8) is 0 Å². The molecule has 0 radical (unpaired) electrons. The molecule has 0 saturated heterocycles. The Labute approximate surface area is 150 Å². The van der Waals surface area contributed by atoms with Crippen molar-refractivity contribution < 1.29 is 0 Å². The first-order valence-electron chi connectivity index (χ1n) is 9.03. The number of hydrogen-bond donors (Lipinski definition) is 2. The predicted molar refractivity (Wildman–Crippen MR) is 102 cm³/mol. The van der Waals surface area contributed by atoms with Crippen LogP contribution in [-0.2, 0) is 13.1 Å². The first kappa shape index (κ1) is 19.0. The van der Waals surface area contributed by atoms with Gasteiger partial charge in [-0.2, -0.15) is 5.10 Å². The van der Waals surface area contributed by atoms with E-state index in [0.717, 1.165) is 62.9 Å². The Morgan fingerprint density at radius 1 is 1.08 bits per heavy atom. The van der Waals surface area contributed by atoms with E-state index in [1.165, 1.54) is 5.69 Å². The Hall–Kier alpha value is -2.31. The summed E-state index contributed by atoms with van der Waals surface area (Å²) in [5.41, 5.74) is 2.29. The van der Waals surface area contributed by atoms with Crippen molar-refractivity contribution in [2.75, 3.05) is 20.1 Å². The second kappa shape index (κ2) is 9.86. The number of nitrogens with zero attached hydrogens (tertiary/aromatic N) is 5. The first-order valence-corrected chi connectivity index (χ1v) is 9.03. The summed E-state index contributed by atoms with van der Waals surface area (Å²) in [5, 5.41) is 11.2. The van der Waals surface area contributed by atoms with Gasteiger partial charge in [-0.05, 0) is 46.1 Å². The molecule has 25 heavy (non-hydrogen) atoms. The van der Waals surface area contributed by atoms with Crippen LogP contribution >= 0.6 is 0 Å². The van der Waals surface area contributed by atoms with Crippen molar-refractivity contribution in [3.05, 3.63) is 35.7 Å². The maximum atomic E-state index is 4.48. The van der Waals surface area contributed by atoms with Crippen molar-refractivity contribution in [2.24, 2.45) is 4.99 Å². The standard InChI is InChI=1S/C18H31N7/c1-15-14-16(2)25(23-15)12-7-9-22-18(19-4)21-8-5-6-11-24-13-10-20-17(24)3/h10,13-14H,5-9,11-12H2,1-4H3,(H2,19,21,22). The molecule has 2 aromatic heterocycles. The lowest BCUT2D eigenvalue weighted by Gasteiger charge is -2.12. The van der Waals surface area contributed by atoms with Crippen molar-refractivity contribution in [3.8, 4) is 0 Å². The molecule has 0 aliphatic heterocycles. The van der Waals surface area contributed by atoms with E-state index in [1.54, 1.807) is 0 Å². The lowest BCUT2D eigenvalue weighted by molar-refractivity contribution is 0.553. The zero-order chi connectivity index (χ0) is 18.1. The van der Waals surface area contributed by atoms with Crippen LogP contribution < -0.4 is 10.6 Å². The van der Waals surface area contributed by atoms with Gasteiger partial charge in [-0.25, -0.2) is 4.98 Å². The van der Waals surface area contributed by atoms with Gasteiger partial charge in [0.1, 0.15) is 5.82 Å². The Morgan fingerprint density at radius 3 is 2.44 bits per heavy atom. The third-order valence-corrected chi connectivity index (χ3v) is 4.21. The zero-order valence-corrected chi connectivity index (χ0v) is 15.9. The van der Waals surface area contributed by atoms with Gasteiger partial charge in [0.25, 0.3) is 0 Å². The highest BCUT2D eigenvalue weighted by atomic mass is 15.3. The number of guanidine groups is 1. The van der Waals surface area contributed by atoms with E-state index in [0.29, 0.717) is 0 Å². The summed E-state index contributed by atoms with van der Waals surface area (Å²) in [5.74, 6) is 1.94. The molecule has 2 heterocycles. The number of aromatic nitrogens is 4. The summed E-state index contributed by atoms with van der Waals surface area (Å²) in [6.07, 6.45) is 7.13.